The summed E-state index contributed by atoms with van der Waals surface area (Å²) in [7, 11) is 0. The van der Waals surface area contributed by atoms with Crippen LogP contribution in [0.1, 0.15) is 18.3 Å². The molecule has 8 nitrogen and oxygen atoms in total. The Morgan fingerprint density at radius 1 is 1.00 bits per heavy atom. The Hall–Kier alpha value is -3.94. The summed E-state index contributed by atoms with van der Waals surface area (Å²) in [4.78, 5) is 13.3. The minimum Gasteiger partial charge on any atom is -0.338 e. The van der Waals surface area contributed by atoms with Crippen LogP contribution in [0.15, 0.2) is 60.8 Å². The molecule has 5 heterocycles. The SMILES string of the molecule is CC(=O)N1C[C](n2ccc(-c3cc4c(ccc5nnc(C)n54)n3Cc3ccccc3)n2)C1. The second-order valence-electron chi connectivity index (χ2n) is 8.23. The van der Waals surface area contributed by atoms with Crippen molar-refractivity contribution in [2.75, 3.05) is 13.1 Å². The van der Waals surface area contributed by atoms with Gasteiger partial charge in [0.25, 0.3) is 0 Å². The van der Waals surface area contributed by atoms with Crippen LogP contribution in [0.5, 0.6) is 0 Å². The van der Waals surface area contributed by atoms with E-state index in [2.05, 4.69) is 55.6 Å². The Morgan fingerprint density at radius 2 is 1.81 bits per heavy atom. The van der Waals surface area contributed by atoms with Crippen molar-refractivity contribution in [3.8, 4) is 11.4 Å². The third-order valence-corrected chi connectivity index (χ3v) is 6.15. The van der Waals surface area contributed by atoms with Gasteiger partial charge in [-0.25, -0.2) is 0 Å². The summed E-state index contributed by atoms with van der Waals surface area (Å²) < 4.78 is 6.28. The lowest BCUT2D eigenvalue weighted by atomic mass is 10.1. The van der Waals surface area contributed by atoms with E-state index in [9.17, 15) is 4.79 Å². The van der Waals surface area contributed by atoms with E-state index >= 15 is 0 Å². The molecule has 0 N–H and O–H groups in total. The molecule has 1 aromatic carbocycles. The van der Waals surface area contributed by atoms with Gasteiger partial charge in [-0.05, 0) is 36.8 Å². The van der Waals surface area contributed by atoms with Gasteiger partial charge in [0.1, 0.15) is 17.6 Å². The maximum atomic E-state index is 11.5. The molecule has 1 aliphatic heterocycles. The highest BCUT2D eigenvalue weighted by molar-refractivity contribution is 5.86. The molecule has 1 aliphatic rings. The van der Waals surface area contributed by atoms with Gasteiger partial charge in [0.05, 0.1) is 29.8 Å². The van der Waals surface area contributed by atoms with Gasteiger partial charge in [0.15, 0.2) is 5.65 Å². The molecule has 0 aliphatic carbocycles. The molecular weight excluding hydrogens is 402 g/mol. The number of rotatable bonds is 4. The zero-order chi connectivity index (χ0) is 21.8. The normalized spacial score (nSPS) is 14.4. The summed E-state index contributed by atoms with van der Waals surface area (Å²) in [5, 5.41) is 13.4. The smallest absolute Gasteiger partial charge is 0.219 e. The molecule has 0 bridgehead atoms. The van der Waals surface area contributed by atoms with Crippen LogP contribution in [0.2, 0.25) is 0 Å². The standard InChI is InChI=1S/C24H22N7O/c1-16-25-26-24-9-8-21-23(31(16)24)12-22(29(21)13-18-6-4-3-5-7-18)20-10-11-30(27-20)19-14-28(15-19)17(2)32/h3-12H,13-15H2,1-2H3. The van der Waals surface area contributed by atoms with E-state index in [0.29, 0.717) is 13.1 Å². The Kier molecular flexibility index (Phi) is 4.14. The van der Waals surface area contributed by atoms with Gasteiger partial charge >= 0.3 is 0 Å². The van der Waals surface area contributed by atoms with Gasteiger partial charge in [-0.1, -0.05) is 30.3 Å². The Balaban J connectivity index is 1.47. The predicted octanol–water partition coefficient (Wildman–Crippen LogP) is 3.15. The van der Waals surface area contributed by atoms with Gasteiger partial charge in [-0.2, -0.15) is 5.10 Å². The number of nitrogens with zero attached hydrogens (tertiary/aromatic N) is 7. The highest BCUT2D eigenvalue weighted by atomic mass is 16.2. The minimum atomic E-state index is 0.0949. The fourth-order valence-electron chi connectivity index (χ4n) is 4.39. The van der Waals surface area contributed by atoms with E-state index in [4.69, 9.17) is 5.10 Å². The largest absolute Gasteiger partial charge is 0.338 e. The van der Waals surface area contributed by atoms with Crippen molar-refractivity contribution in [2.45, 2.75) is 20.4 Å². The molecule has 1 amide bonds. The van der Waals surface area contributed by atoms with E-state index < -0.39 is 0 Å². The molecule has 32 heavy (non-hydrogen) atoms. The van der Waals surface area contributed by atoms with Crippen molar-refractivity contribution < 1.29 is 4.79 Å². The summed E-state index contributed by atoms with van der Waals surface area (Å²) in [6.07, 6.45) is 1.98. The molecule has 5 aromatic rings. The Morgan fingerprint density at radius 3 is 2.59 bits per heavy atom. The van der Waals surface area contributed by atoms with Crippen LogP contribution in [-0.4, -0.2) is 52.8 Å². The van der Waals surface area contributed by atoms with Gasteiger partial charge in [0, 0.05) is 19.7 Å². The van der Waals surface area contributed by atoms with Crippen molar-refractivity contribution in [3.63, 3.8) is 0 Å². The van der Waals surface area contributed by atoms with Crippen LogP contribution >= 0.6 is 0 Å². The molecule has 1 fully saturated rings. The van der Waals surface area contributed by atoms with Crippen molar-refractivity contribution in [1.82, 2.24) is 33.8 Å². The van der Waals surface area contributed by atoms with E-state index in [1.165, 1.54) is 5.56 Å². The fourth-order valence-corrected chi connectivity index (χ4v) is 4.39. The molecule has 0 saturated carbocycles. The second kappa shape index (κ2) is 7.05. The highest BCUT2D eigenvalue weighted by Gasteiger charge is 2.32. The van der Waals surface area contributed by atoms with Crippen molar-refractivity contribution >= 4 is 22.6 Å². The second-order valence-corrected chi connectivity index (χ2v) is 8.23. The third kappa shape index (κ3) is 2.90. The first kappa shape index (κ1) is 18.8. The minimum absolute atomic E-state index is 0.0949. The van der Waals surface area contributed by atoms with Crippen LogP contribution in [-0.2, 0) is 11.3 Å². The average Bonchev–Trinajstić information content (AvgIpc) is 3.45. The molecule has 0 spiro atoms. The van der Waals surface area contributed by atoms with Crippen molar-refractivity contribution in [3.05, 3.63) is 78.2 Å². The average molecular weight is 424 g/mol. The topological polar surface area (TPSA) is 73.2 Å². The number of pyridine rings is 1. The molecule has 1 radical (unpaired) electrons. The van der Waals surface area contributed by atoms with E-state index in [0.717, 1.165) is 46.5 Å². The lowest BCUT2D eigenvalue weighted by Gasteiger charge is -2.37. The molecule has 8 heteroatoms. The van der Waals surface area contributed by atoms with Crippen LogP contribution < -0.4 is 0 Å². The van der Waals surface area contributed by atoms with E-state index in [1.54, 1.807) is 11.8 Å². The number of fused-ring (bicyclic) bond motifs is 3. The van der Waals surface area contributed by atoms with Gasteiger partial charge in [0.2, 0.25) is 5.91 Å². The summed E-state index contributed by atoms with van der Waals surface area (Å²) in [5.41, 5.74) is 6.14. The number of carbonyl (C=O) groups is 1. The first-order chi connectivity index (χ1) is 15.6. The van der Waals surface area contributed by atoms with Crippen LogP contribution in [0, 0.1) is 13.0 Å². The zero-order valence-electron chi connectivity index (χ0n) is 17.9. The van der Waals surface area contributed by atoms with Gasteiger partial charge in [-0.3, -0.25) is 13.9 Å². The first-order valence-corrected chi connectivity index (χ1v) is 10.6. The molecule has 0 unspecified atom stereocenters. The summed E-state index contributed by atoms with van der Waals surface area (Å²) in [6, 6.07) is 19.9. The number of hydrogen-bond acceptors (Lipinski definition) is 4. The molecule has 4 aromatic heterocycles. The first-order valence-electron chi connectivity index (χ1n) is 10.6. The number of hydrogen-bond donors (Lipinski definition) is 0. The van der Waals surface area contributed by atoms with Gasteiger partial charge in [-0.15, -0.1) is 10.2 Å². The molecule has 1 saturated heterocycles. The third-order valence-electron chi connectivity index (χ3n) is 6.15. The number of carbonyl (C=O) groups excluding carboxylic acids is 1. The monoisotopic (exact) mass is 424 g/mol. The summed E-state index contributed by atoms with van der Waals surface area (Å²) in [6.45, 7) is 5.55. The highest BCUT2D eigenvalue weighted by Crippen LogP contribution is 2.30. The number of likely N-dealkylation sites (tertiary alicyclic amines) is 1. The van der Waals surface area contributed by atoms with Crippen molar-refractivity contribution in [2.24, 2.45) is 0 Å². The Labute approximate surface area is 184 Å². The maximum Gasteiger partial charge on any atom is 0.219 e. The van der Waals surface area contributed by atoms with Gasteiger partial charge < -0.3 is 9.47 Å². The number of aromatic nitrogens is 6. The molecule has 0 atom stereocenters. The lowest BCUT2D eigenvalue weighted by Crippen LogP contribution is -2.50. The zero-order valence-corrected chi connectivity index (χ0v) is 17.9. The van der Waals surface area contributed by atoms with Crippen LogP contribution in [0.4, 0.5) is 0 Å². The predicted molar refractivity (Wildman–Crippen MR) is 121 cm³/mol. The number of aryl methyl sites for hydroxylation is 1. The maximum absolute atomic E-state index is 11.5. The van der Waals surface area contributed by atoms with E-state index in [1.807, 2.05) is 36.0 Å². The Bertz CT molecular complexity index is 1450. The molecule has 159 valence electrons. The van der Waals surface area contributed by atoms with E-state index in [-0.39, 0.29) is 5.91 Å². The fraction of sp³-hybridized carbons (Fsp3) is 0.208. The summed E-state index contributed by atoms with van der Waals surface area (Å²) in [5.74, 6) is 0.950. The number of amides is 1. The lowest BCUT2D eigenvalue weighted by molar-refractivity contribution is -0.131. The number of benzene rings is 1. The van der Waals surface area contributed by atoms with Crippen LogP contribution in [0.25, 0.3) is 28.1 Å². The molecule has 6 rings (SSSR count). The quantitative estimate of drug-likeness (QED) is 0.444. The molecular formula is C24H22N7O. The summed E-state index contributed by atoms with van der Waals surface area (Å²) >= 11 is 0. The van der Waals surface area contributed by atoms with Crippen LogP contribution in [0.3, 0.4) is 0 Å². The van der Waals surface area contributed by atoms with Crippen molar-refractivity contribution in [1.29, 1.82) is 0 Å².